The van der Waals surface area contributed by atoms with Gasteiger partial charge in [0, 0.05) is 19.5 Å². The Morgan fingerprint density at radius 1 is 1.03 bits per heavy atom. The van der Waals surface area contributed by atoms with Crippen LogP contribution < -0.4 is 10.1 Å². The fourth-order valence-corrected chi connectivity index (χ4v) is 3.41. The van der Waals surface area contributed by atoms with Gasteiger partial charge in [0.15, 0.2) is 0 Å². The van der Waals surface area contributed by atoms with Crippen molar-refractivity contribution in [2.24, 2.45) is 0 Å². The third kappa shape index (κ3) is 7.42. The molecule has 0 spiro atoms. The molecule has 0 saturated heterocycles. The van der Waals surface area contributed by atoms with Crippen LogP contribution in [0.5, 0.6) is 5.75 Å². The van der Waals surface area contributed by atoms with Crippen molar-refractivity contribution in [3.05, 3.63) is 65.2 Å². The van der Waals surface area contributed by atoms with Gasteiger partial charge in [0.25, 0.3) is 0 Å². The summed E-state index contributed by atoms with van der Waals surface area (Å²) < 4.78 is 5.31. The first-order valence-electron chi connectivity index (χ1n) is 11.1. The molecule has 0 fully saturated rings. The van der Waals surface area contributed by atoms with Crippen LogP contribution in [0.25, 0.3) is 0 Å². The molecule has 5 heteroatoms. The average molecular weight is 425 g/mol. The summed E-state index contributed by atoms with van der Waals surface area (Å²) in [6.07, 6.45) is 1.86. The molecule has 0 saturated carbocycles. The second-order valence-corrected chi connectivity index (χ2v) is 8.24. The van der Waals surface area contributed by atoms with Gasteiger partial charge in [-0.2, -0.15) is 0 Å². The van der Waals surface area contributed by atoms with Crippen LogP contribution in [0.15, 0.2) is 48.5 Å². The lowest BCUT2D eigenvalue weighted by molar-refractivity contribution is -0.140. The Morgan fingerprint density at radius 2 is 1.74 bits per heavy atom. The number of carbonyl (C=O) groups is 2. The Hall–Kier alpha value is -2.82. The number of carbonyl (C=O) groups excluding carboxylic acids is 2. The molecule has 0 aliphatic heterocycles. The number of benzene rings is 2. The van der Waals surface area contributed by atoms with E-state index in [1.54, 1.807) is 18.9 Å². The number of nitrogens with one attached hydrogen (secondary N) is 1. The Morgan fingerprint density at radius 3 is 2.35 bits per heavy atom. The topological polar surface area (TPSA) is 58.6 Å². The standard InChI is InChI=1S/C26H36N2O3/c1-6-16-27-26(30)20(4)28(18-22-8-7-9-24(17-22)31-5)25(29)15-12-21-10-13-23(14-11-21)19(2)3/h7-11,13-14,17,19-20H,6,12,15-16,18H2,1-5H3,(H,27,30)/t20-/m0/s1. The lowest BCUT2D eigenvalue weighted by Crippen LogP contribution is -2.47. The van der Waals surface area contributed by atoms with Gasteiger partial charge >= 0.3 is 0 Å². The largest absolute Gasteiger partial charge is 0.497 e. The van der Waals surface area contributed by atoms with Gasteiger partial charge in [-0.3, -0.25) is 9.59 Å². The summed E-state index contributed by atoms with van der Waals surface area (Å²) in [4.78, 5) is 27.5. The fourth-order valence-electron chi connectivity index (χ4n) is 3.41. The van der Waals surface area contributed by atoms with Crippen molar-refractivity contribution in [3.63, 3.8) is 0 Å². The van der Waals surface area contributed by atoms with Gasteiger partial charge in [-0.1, -0.05) is 57.2 Å². The van der Waals surface area contributed by atoms with E-state index in [1.165, 1.54) is 5.56 Å². The first-order chi connectivity index (χ1) is 14.8. The van der Waals surface area contributed by atoms with Crippen LogP contribution in [0.4, 0.5) is 0 Å². The maximum atomic E-state index is 13.2. The van der Waals surface area contributed by atoms with Crippen molar-refractivity contribution in [2.75, 3.05) is 13.7 Å². The predicted octanol–water partition coefficient (Wildman–Crippen LogP) is 4.69. The molecule has 2 aromatic rings. The lowest BCUT2D eigenvalue weighted by Gasteiger charge is -2.29. The second kappa shape index (κ2) is 12.1. The molecule has 0 unspecified atom stereocenters. The van der Waals surface area contributed by atoms with Crippen LogP contribution >= 0.6 is 0 Å². The van der Waals surface area contributed by atoms with Gasteiger partial charge in [-0.15, -0.1) is 0 Å². The summed E-state index contributed by atoms with van der Waals surface area (Å²) in [5, 5.41) is 2.91. The van der Waals surface area contributed by atoms with Gasteiger partial charge in [-0.25, -0.2) is 0 Å². The third-order valence-electron chi connectivity index (χ3n) is 5.48. The van der Waals surface area contributed by atoms with Gasteiger partial charge < -0.3 is 15.0 Å². The van der Waals surface area contributed by atoms with Crippen molar-refractivity contribution in [1.82, 2.24) is 10.2 Å². The highest BCUT2D eigenvalue weighted by molar-refractivity contribution is 5.87. The van der Waals surface area contributed by atoms with Crippen molar-refractivity contribution in [1.29, 1.82) is 0 Å². The molecule has 0 aromatic heterocycles. The Kier molecular flexibility index (Phi) is 9.57. The summed E-state index contributed by atoms with van der Waals surface area (Å²) in [6, 6.07) is 15.5. The summed E-state index contributed by atoms with van der Waals surface area (Å²) in [7, 11) is 1.62. The zero-order valence-electron chi connectivity index (χ0n) is 19.5. The zero-order valence-corrected chi connectivity index (χ0v) is 19.5. The molecule has 5 nitrogen and oxygen atoms in total. The van der Waals surface area contributed by atoms with Crippen LogP contribution in [0.2, 0.25) is 0 Å². The molecule has 1 atom stereocenters. The van der Waals surface area contributed by atoms with Gasteiger partial charge in [0.2, 0.25) is 11.8 Å². The quantitative estimate of drug-likeness (QED) is 0.569. The SMILES string of the molecule is CCCNC(=O)[C@H](C)N(Cc1cccc(OC)c1)C(=O)CCc1ccc(C(C)C)cc1. The van der Waals surface area contributed by atoms with E-state index in [2.05, 4.69) is 43.4 Å². The van der Waals surface area contributed by atoms with E-state index >= 15 is 0 Å². The second-order valence-electron chi connectivity index (χ2n) is 8.24. The van der Waals surface area contributed by atoms with Crippen molar-refractivity contribution in [3.8, 4) is 5.75 Å². The number of hydrogen-bond acceptors (Lipinski definition) is 3. The first kappa shape index (κ1) is 24.4. The Balaban J connectivity index is 2.13. The smallest absolute Gasteiger partial charge is 0.242 e. The molecule has 2 aromatic carbocycles. The predicted molar refractivity (Wildman–Crippen MR) is 125 cm³/mol. The van der Waals surface area contributed by atoms with E-state index in [-0.39, 0.29) is 11.8 Å². The molecule has 0 aliphatic rings. The molecule has 0 bridgehead atoms. The summed E-state index contributed by atoms with van der Waals surface area (Å²) in [5.41, 5.74) is 3.35. The van der Waals surface area contributed by atoms with Crippen molar-refractivity contribution >= 4 is 11.8 Å². The maximum Gasteiger partial charge on any atom is 0.242 e. The van der Waals surface area contributed by atoms with Crippen molar-refractivity contribution < 1.29 is 14.3 Å². The van der Waals surface area contributed by atoms with E-state index in [0.717, 1.165) is 23.3 Å². The van der Waals surface area contributed by atoms with E-state index in [9.17, 15) is 9.59 Å². The Bertz CT molecular complexity index is 846. The van der Waals surface area contributed by atoms with Crippen LogP contribution in [-0.4, -0.2) is 36.4 Å². The highest BCUT2D eigenvalue weighted by Crippen LogP contribution is 2.19. The molecule has 0 aliphatic carbocycles. The number of amides is 2. The number of hydrogen-bond donors (Lipinski definition) is 1. The number of nitrogens with zero attached hydrogens (tertiary/aromatic N) is 1. The zero-order chi connectivity index (χ0) is 22.8. The number of rotatable bonds is 11. The first-order valence-corrected chi connectivity index (χ1v) is 11.1. The van der Waals surface area contributed by atoms with E-state index in [1.807, 2.05) is 31.2 Å². The van der Waals surface area contributed by atoms with Gasteiger partial charge in [-0.05, 0) is 54.5 Å². The molecular formula is C26H36N2O3. The van der Waals surface area contributed by atoms with Crippen LogP contribution in [0, 0.1) is 0 Å². The molecule has 1 N–H and O–H groups in total. The highest BCUT2D eigenvalue weighted by atomic mass is 16.5. The minimum atomic E-state index is -0.548. The number of methoxy groups -OCH3 is 1. The van der Waals surface area contributed by atoms with Crippen LogP contribution in [-0.2, 0) is 22.6 Å². The number of aryl methyl sites for hydroxylation is 1. The van der Waals surface area contributed by atoms with E-state index in [4.69, 9.17) is 4.74 Å². The Labute approximate surface area is 186 Å². The summed E-state index contributed by atoms with van der Waals surface area (Å²) >= 11 is 0. The van der Waals surface area contributed by atoms with Crippen LogP contribution in [0.3, 0.4) is 0 Å². The minimum absolute atomic E-state index is 0.0325. The molecule has 2 rings (SSSR count). The van der Waals surface area contributed by atoms with E-state index < -0.39 is 6.04 Å². The van der Waals surface area contributed by atoms with E-state index in [0.29, 0.717) is 31.8 Å². The summed E-state index contributed by atoms with van der Waals surface area (Å²) in [6.45, 7) is 9.10. The highest BCUT2D eigenvalue weighted by Gasteiger charge is 2.25. The third-order valence-corrected chi connectivity index (χ3v) is 5.48. The van der Waals surface area contributed by atoms with Gasteiger partial charge in [0.1, 0.15) is 11.8 Å². The molecular weight excluding hydrogens is 388 g/mol. The van der Waals surface area contributed by atoms with Crippen LogP contribution in [0.1, 0.15) is 63.1 Å². The molecule has 0 heterocycles. The molecule has 168 valence electrons. The fraction of sp³-hybridized carbons (Fsp3) is 0.462. The maximum absolute atomic E-state index is 13.2. The molecule has 31 heavy (non-hydrogen) atoms. The molecule has 2 amide bonds. The normalized spacial score (nSPS) is 11.8. The molecule has 0 radical (unpaired) electrons. The monoisotopic (exact) mass is 424 g/mol. The summed E-state index contributed by atoms with van der Waals surface area (Å²) in [5.74, 6) is 1.06. The lowest BCUT2D eigenvalue weighted by atomic mass is 10.00. The average Bonchev–Trinajstić information content (AvgIpc) is 2.79. The van der Waals surface area contributed by atoms with Gasteiger partial charge in [0.05, 0.1) is 7.11 Å². The minimum Gasteiger partial charge on any atom is -0.497 e. The number of ether oxygens (including phenoxy) is 1. The van der Waals surface area contributed by atoms with Crippen molar-refractivity contribution in [2.45, 2.75) is 65.5 Å².